The topological polar surface area (TPSA) is 37.8 Å². The second kappa shape index (κ2) is 6.79. The molecule has 0 aliphatic rings. The molecule has 21 heavy (non-hydrogen) atoms. The smallest absolute Gasteiger partial charge is 0.270 e. The maximum Gasteiger partial charge on any atom is 0.270 e. The number of benzene rings is 1. The molecule has 0 bridgehead atoms. The van der Waals surface area contributed by atoms with Gasteiger partial charge in [0.2, 0.25) is 0 Å². The van der Waals surface area contributed by atoms with Gasteiger partial charge in [0, 0.05) is 17.7 Å². The van der Waals surface area contributed by atoms with Crippen LogP contribution in [0.2, 0.25) is 0 Å². The average Bonchev–Trinajstić information content (AvgIpc) is 2.73. The summed E-state index contributed by atoms with van der Waals surface area (Å²) in [6, 6.07) is 8.35. The van der Waals surface area contributed by atoms with Gasteiger partial charge in [-0.05, 0) is 31.7 Å². The first kappa shape index (κ1) is 15.6. The Morgan fingerprint density at radius 2 is 2.05 bits per heavy atom. The number of H-pyrrole nitrogens is 1. The first-order chi connectivity index (χ1) is 10.0. The predicted octanol–water partition coefficient (Wildman–Crippen LogP) is 4.15. The number of aromatic amines is 1. The molecule has 0 saturated heterocycles. The summed E-state index contributed by atoms with van der Waals surface area (Å²) in [6.45, 7) is 9.24. The minimum Gasteiger partial charge on any atom is -0.295 e. The van der Waals surface area contributed by atoms with Crippen molar-refractivity contribution in [3.05, 3.63) is 45.7 Å². The van der Waals surface area contributed by atoms with E-state index in [2.05, 4.69) is 51.0 Å². The van der Waals surface area contributed by atoms with E-state index in [1.165, 1.54) is 5.56 Å². The second-order valence-electron chi connectivity index (χ2n) is 6.25. The van der Waals surface area contributed by atoms with E-state index in [0.717, 1.165) is 42.6 Å². The molecule has 0 unspecified atom stereocenters. The SMILES string of the molecule is CCCCc1c(-c2cccc(C)c2)[nH]n(CC(C)C)c1=O. The van der Waals surface area contributed by atoms with Gasteiger partial charge in [-0.2, -0.15) is 0 Å². The number of unbranched alkanes of at least 4 members (excludes halogenated alkanes) is 1. The van der Waals surface area contributed by atoms with Gasteiger partial charge in [-0.25, -0.2) is 0 Å². The Morgan fingerprint density at radius 3 is 2.67 bits per heavy atom. The van der Waals surface area contributed by atoms with Crippen molar-refractivity contribution in [2.45, 2.75) is 53.5 Å². The lowest BCUT2D eigenvalue weighted by molar-refractivity contribution is 0.473. The summed E-state index contributed by atoms with van der Waals surface area (Å²) in [6.07, 6.45) is 3.00. The molecule has 1 heterocycles. The predicted molar refractivity (Wildman–Crippen MR) is 88.7 cm³/mol. The minimum atomic E-state index is 0.147. The summed E-state index contributed by atoms with van der Waals surface area (Å²) < 4.78 is 1.77. The fraction of sp³-hybridized carbons (Fsp3) is 0.500. The molecule has 0 saturated carbocycles. The number of rotatable bonds is 6. The Balaban J connectivity index is 2.49. The molecule has 2 rings (SSSR count). The van der Waals surface area contributed by atoms with Crippen molar-refractivity contribution >= 4 is 0 Å². The maximum absolute atomic E-state index is 12.6. The Morgan fingerprint density at radius 1 is 1.29 bits per heavy atom. The molecule has 0 radical (unpaired) electrons. The molecule has 3 heteroatoms. The van der Waals surface area contributed by atoms with Crippen LogP contribution in [0.1, 0.15) is 44.7 Å². The largest absolute Gasteiger partial charge is 0.295 e. The van der Waals surface area contributed by atoms with Crippen LogP contribution in [0, 0.1) is 12.8 Å². The number of aromatic nitrogens is 2. The standard InChI is InChI=1S/C18H26N2O/c1-5-6-10-16-17(15-9-7-8-14(4)11-15)19-20(18(16)21)12-13(2)3/h7-9,11,13,19H,5-6,10,12H2,1-4H3. The first-order valence-corrected chi connectivity index (χ1v) is 7.91. The molecule has 0 aliphatic heterocycles. The zero-order valence-corrected chi connectivity index (χ0v) is 13.6. The lowest BCUT2D eigenvalue weighted by Crippen LogP contribution is -2.21. The van der Waals surface area contributed by atoms with Crippen LogP contribution in [-0.2, 0) is 13.0 Å². The zero-order valence-electron chi connectivity index (χ0n) is 13.6. The molecule has 1 N–H and O–H groups in total. The van der Waals surface area contributed by atoms with Gasteiger partial charge in [0.05, 0.1) is 5.69 Å². The molecule has 1 aromatic heterocycles. The number of hydrogen-bond donors (Lipinski definition) is 1. The van der Waals surface area contributed by atoms with Crippen LogP contribution in [0.3, 0.4) is 0 Å². The van der Waals surface area contributed by atoms with E-state index in [1.54, 1.807) is 4.68 Å². The molecular weight excluding hydrogens is 260 g/mol. The number of nitrogens with one attached hydrogen (secondary N) is 1. The highest BCUT2D eigenvalue weighted by Gasteiger charge is 2.15. The van der Waals surface area contributed by atoms with Crippen molar-refractivity contribution in [2.24, 2.45) is 5.92 Å². The molecular formula is C18H26N2O. The second-order valence-corrected chi connectivity index (χ2v) is 6.25. The van der Waals surface area contributed by atoms with Crippen molar-refractivity contribution in [1.82, 2.24) is 9.78 Å². The third kappa shape index (κ3) is 3.66. The molecule has 0 amide bonds. The Hall–Kier alpha value is -1.77. The van der Waals surface area contributed by atoms with E-state index in [9.17, 15) is 4.79 Å². The summed E-state index contributed by atoms with van der Waals surface area (Å²) in [7, 11) is 0. The van der Waals surface area contributed by atoms with Crippen molar-refractivity contribution in [3.63, 3.8) is 0 Å². The third-order valence-corrected chi connectivity index (χ3v) is 3.69. The number of nitrogens with zero attached hydrogens (tertiary/aromatic N) is 1. The van der Waals surface area contributed by atoms with Crippen molar-refractivity contribution < 1.29 is 0 Å². The molecule has 0 spiro atoms. The van der Waals surface area contributed by atoms with Gasteiger partial charge in [0.1, 0.15) is 0 Å². The van der Waals surface area contributed by atoms with Gasteiger partial charge in [-0.1, -0.05) is 51.0 Å². The summed E-state index contributed by atoms with van der Waals surface area (Å²) in [5.41, 5.74) is 4.40. The fourth-order valence-corrected chi connectivity index (χ4v) is 2.64. The average molecular weight is 286 g/mol. The van der Waals surface area contributed by atoms with Crippen LogP contribution in [0.25, 0.3) is 11.3 Å². The van der Waals surface area contributed by atoms with Gasteiger partial charge in [0.25, 0.3) is 5.56 Å². The molecule has 0 aliphatic carbocycles. The van der Waals surface area contributed by atoms with Gasteiger partial charge in [0.15, 0.2) is 0 Å². The van der Waals surface area contributed by atoms with Crippen LogP contribution < -0.4 is 5.56 Å². The van der Waals surface area contributed by atoms with E-state index in [-0.39, 0.29) is 5.56 Å². The summed E-state index contributed by atoms with van der Waals surface area (Å²) in [5, 5.41) is 3.34. The highest BCUT2D eigenvalue weighted by molar-refractivity contribution is 5.63. The Kier molecular flexibility index (Phi) is 5.05. The van der Waals surface area contributed by atoms with Crippen LogP contribution in [0.5, 0.6) is 0 Å². The lowest BCUT2D eigenvalue weighted by atomic mass is 10.0. The normalized spacial score (nSPS) is 11.3. The van der Waals surface area contributed by atoms with Crippen molar-refractivity contribution in [2.75, 3.05) is 0 Å². The van der Waals surface area contributed by atoms with E-state index < -0.39 is 0 Å². The summed E-state index contributed by atoms with van der Waals surface area (Å²) >= 11 is 0. The van der Waals surface area contributed by atoms with Gasteiger partial charge in [-0.15, -0.1) is 0 Å². The van der Waals surface area contributed by atoms with Crippen molar-refractivity contribution in [1.29, 1.82) is 0 Å². The van der Waals surface area contributed by atoms with E-state index in [1.807, 2.05) is 6.07 Å². The van der Waals surface area contributed by atoms with Crippen LogP contribution >= 0.6 is 0 Å². The van der Waals surface area contributed by atoms with Gasteiger partial charge < -0.3 is 0 Å². The summed E-state index contributed by atoms with van der Waals surface area (Å²) in [4.78, 5) is 12.6. The van der Waals surface area contributed by atoms with Gasteiger partial charge >= 0.3 is 0 Å². The molecule has 1 aromatic carbocycles. The van der Waals surface area contributed by atoms with E-state index in [0.29, 0.717) is 5.92 Å². The van der Waals surface area contributed by atoms with Gasteiger partial charge in [-0.3, -0.25) is 14.6 Å². The zero-order chi connectivity index (χ0) is 15.4. The Labute approximate surface area is 127 Å². The highest BCUT2D eigenvalue weighted by Crippen LogP contribution is 2.22. The summed E-state index contributed by atoms with van der Waals surface area (Å²) in [5.74, 6) is 0.450. The fourth-order valence-electron chi connectivity index (χ4n) is 2.64. The highest BCUT2D eigenvalue weighted by atomic mass is 16.1. The van der Waals surface area contributed by atoms with E-state index >= 15 is 0 Å². The monoisotopic (exact) mass is 286 g/mol. The molecule has 0 fully saturated rings. The maximum atomic E-state index is 12.6. The minimum absolute atomic E-state index is 0.147. The van der Waals surface area contributed by atoms with Crippen LogP contribution in [0.15, 0.2) is 29.1 Å². The Bertz CT molecular complexity index is 649. The van der Waals surface area contributed by atoms with Crippen LogP contribution in [-0.4, -0.2) is 9.78 Å². The number of aryl methyl sites for hydroxylation is 1. The van der Waals surface area contributed by atoms with E-state index in [4.69, 9.17) is 0 Å². The third-order valence-electron chi connectivity index (χ3n) is 3.69. The van der Waals surface area contributed by atoms with Crippen LogP contribution in [0.4, 0.5) is 0 Å². The van der Waals surface area contributed by atoms with Crippen molar-refractivity contribution in [3.8, 4) is 11.3 Å². The molecule has 114 valence electrons. The molecule has 3 nitrogen and oxygen atoms in total. The number of hydrogen-bond acceptors (Lipinski definition) is 1. The first-order valence-electron chi connectivity index (χ1n) is 7.91. The molecule has 0 atom stereocenters. The molecule has 2 aromatic rings. The quantitative estimate of drug-likeness (QED) is 0.851. The lowest BCUT2D eigenvalue weighted by Gasteiger charge is -2.05.